The first-order chi connectivity index (χ1) is 8.02. The number of aromatic carboxylic acids is 1. The molecule has 0 aliphatic heterocycles. The molecule has 1 heterocycles. The van der Waals surface area contributed by atoms with Gasteiger partial charge in [-0.05, 0) is 12.1 Å². The molecular weight excluding hydrogens is 231 g/mol. The quantitative estimate of drug-likeness (QED) is 0.635. The van der Waals surface area contributed by atoms with Gasteiger partial charge in [0.15, 0.2) is 5.52 Å². The second-order valence-electron chi connectivity index (χ2n) is 3.22. The number of nitrogens with zero attached hydrogens (tertiary/aromatic N) is 2. The normalized spacial score (nSPS) is 10.4. The molecule has 1 aromatic carbocycles. The van der Waals surface area contributed by atoms with Gasteiger partial charge in [0.05, 0.1) is 4.92 Å². The maximum absolute atomic E-state index is 13.7. The summed E-state index contributed by atoms with van der Waals surface area (Å²) in [6, 6.07) is 3.30. The number of non-ortho nitro benzene ring substituents is 1. The van der Waals surface area contributed by atoms with Crippen LogP contribution >= 0.6 is 0 Å². The van der Waals surface area contributed by atoms with Crippen LogP contribution in [0.15, 0.2) is 24.4 Å². The Hall–Kier alpha value is -2.57. The Labute approximate surface area is 93.5 Å². The van der Waals surface area contributed by atoms with Crippen molar-refractivity contribution >= 4 is 22.6 Å². The minimum absolute atomic E-state index is 0.167. The molecule has 2 aromatic rings. The topological polar surface area (TPSA) is 93.3 Å². The number of carboxylic acid groups (broad SMARTS) is 1. The van der Waals surface area contributed by atoms with E-state index in [0.717, 1.165) is 0 Å². The van der Waals surface area contributed by atoms with E-state index in [1.807, 2.05) is 0 Å². The predicted molar refractivity (Wildman–Crippen MR) is 55.3 cm³/mol. The van der Waals surface area contributed by atoms with Gasteiger partial charge in [-0.3, -0.25) is 10.1 Å². The number of rotatable bonds is 2. The zero-order valence-electron chi connectivity index (χ0n) is 8.25. The molecule has 0 amide bonds. The molecule has 0 bridgehead atoms. The molecule has 0 fully saturated rings. The van der Waals surface area contributed by atoms with Crippen LogP contribution in [0, 0.1) is 15.9 Å². The lowest BCUT2D eigenvalue weighted by molar-refractivity contribution is -0.383. The Kier molecular flexibility index (Phi) is 2.43. The molecule has 0 saturated heterocycles. The fourth-order valence-corrected chi connectivity index (χ4v) is 1.49. The van der Waals surface area contributed by atoms with Crippen molar-refractivity contribution in [3.05, 3.63) is 45.9 Å². The molecule has 1 aromatic heterocycles. The molecule has 0 atom stereocenters. The van der Waals surface area contributed by atoms with Crippen molar-refractivity contribution in [2.75, 3.05) is 0 Å². The Morgan fingerprint density at radius 1 is 1.53 bits per heavy atom. The lowest BCUT2D eigenvalue weighted by Crippen LogP contribution is -2.04. The average molecular weight is 236 g/mol. The van der Waals surface area contributed by atoms with Crippen LogP contribution in [0.1, 0.15) is 10.4 Å². The highest BCUT2D eigenvalue weighted by molar-refractivity contribution is 5.98. The van der Waals surface area contributed by atoms with Crippen molar-refractivity contribution in [2.24, 2.45) is 0 Å². The summed E-state index contributed by atoms with van der Waals surface area (Å²) in [5.74, 6) is -2.58. The number of fused-ring (bicyclic) bond motifs is 1. The SMILES string of the molecule is O=C(O)c1cc([N+](=O)[O-])c2ncccc2c1F. The van der Waals surface area contributed by atoms with Gasteiger partial charge in [-0.1, -0.05) is 0 Å². The lowest BCUT2D eigenvalue weighted by Gasteiger charge is -2.03. The number of benzene rings is 1. The van der Waals surface area contributed by atoms with Gasteiger partial charge in [-0.25, -0.2) is 14.2 Å². The van der Waals surface area contributed by atoms with Crippen LogP contribution in [-0.4, -0.2) is 21.0 Å². The van der Waals surface area contributed by atoms with Gasteiger partial charge in [0.25, 0.3) is 5.69 Å². The van der Waals surface area contributed by atoms with Crippen molar-refractivity contribution in [3.63, 3.8) is 0 Å². The number of carboxylic acids is 1. The summed E-state index contributed by atoms with van der Waals surface area (Å²) in [7, 11) is 0. The van der Waals surface area contributed by atoms with Crippen LogP contribution in [0.3, 0.4) is 0 Å². The summed E-state index contributed by atoms with van der Waals surface area (Å²) < 4.78 is 13.7. The third-order valence-electron chi connectivity index (χ3n) is 2.23. The molecule has 1 N–H and O–H groups in total. The first-order valence-electron chi connectivity index (χ1n) is 4.47. The Bertz CT molecular complexity index is 641. The maximum atomic E-state index is 13.7. The zero-order chi connectivity index (χ0) is 12.6. The monoisotopic (exact) mass is 236 g/mol. The van der Waals surface area contributed by atoms with E-state index in [4.69, 9.17) is 5.11 Å². The Morgan fingerprint density at radius 2 is 2.24 bits per heavy atom. The minimum atomic E-state index is -1.56. The average Bonchev–Trinajstić information content (AvgIpc) is 2.29. The number of hydrogen-bond acceptors (Lipinski definition) is 4. The summed E-state index contributed by atoms with van der Waals surface area (Å²) in [4.78, 5) is 24.4. The maximum Gasteiger partial charge on any atom is 0.338 e. The van der Waals surface area contributed by atoms with Crippen molar-refractivity contribution in [1.29, 1.82) is 0 Å². The van der Waals surface area contributed by atoms with Gasteiger partial charge < -0.3 is 5.11 Å². The molecule has 86 valence electrons. The third kappa shape index (κ3) is 1.67. The molecular formula is C10H5FN2O4. The molecule has 6 nitrogen and oxygen atoms in total. The highest BCUT2D eigenvalue weighted by Gasteiger charge is 2.23. The summed E-state index contributed by atoms with van der Waals surface area (Å²) in [5, 5.41) is 19.3. The molecule has 2 rings (SSSR count). The zero-order valence-corrected chi connectivity index (χ0v) is 8.25. The van der Waals surface area contributed by atoms with E-state index < -0.39 is 28.0 Å². The Balaban J connectivity index is 2.94. The van der Waals surface area contributed by atoms with Crippen LogP contribution in [0.5, 0.6) is 0 Å². The number of nitro benzene ring substituents is 1. The Morgan fingerprint density at radius 3 is 2.82 bits per heavy atom. The number of carbonyl (C=O) groups is 1. The second-order valence-corrected chi connectivity index (χ2v) is 3.22. The molecule has 0 radical (unpaired) electrons. The molecule has 17 heavy (non-hydrogen) atoms. The third-order valence-corrected chi connectivity index (χ3v) is 2.23. The van der Waals surface area contributed by atoms with Gasteiger partial charge in [0.1, 0.15) is 11.4 Å². The lowest BCUT2D eigenvalue weighted by atomic mass is 10.1. The van der Waals surface area contributed by atoms with Crippen LogP contribution in [0.2, 0.25) is 0 Å². The van der Waals surface area contributed by atoms with E-state index in [0.29, 0.717) is 6.07 Å². The fraction of sp³-hybridized carbons (Fsp3) is 0. The first kappa shape index (κ1) is 10.9. The number of aromatic nitrogens is 1. The van der Waals surface area contributed by atoms with Gasteiger partial charge in [-0.2, -0.15) is 0 Å². The van der Waals surface area contributed by atoms with E-state index in [2.05, 4.69) is 4.98 Å². The van der Waals surface area contributed by atoms with Crippen LogP contribution < -0.4 is 0 Å². The number of pyridine rings is 1. The fourth-order valence-electron chi connectivity index (χ4n) is 1.49. The van der Waals surface area contributed by atoms with E-state index in [1.54, 1.807) is 0 Å². The van der Waals surface area contributed by atoms with Crippen molar-refractivity contribution < 1.29 is 19.2 Å². The number of hydrogen-bond donors (Lipinski definition) is 1. The summed E-state index contributed by atoms with van der Waals surface area (Å²) in [6.45, 7) is 0. The predicted octanol–water partition coefficient (Wildman–Crippen LogP) is 1.98. The number of nitro groups is 1. The van der Waals surface area contributed by atoms with Crippen molar-refractivity contribution in [1.82, 2.24) is 4.98 Å². The molecule has 0 unspecified atom stereocenters. The molecule has 0 spiro atoms. The minimum Gasteiger partial charge on any atom is -0.478 e. The summed E-state index contributed by atoms with van der Waals surface area (Å²) in [6.07, 6.45) is 1.27. The molecule has 0 saturated carbocycles. The largest absolute Gasteiger partial charge is 0.478 e. The highest BCUT2D eigenvalue weighted by Crippen LogP contribution is 2.28. The second kappa shape index (κ2) is 3.78. The van der Waals surface area contributed by atoms with E-state index in [1.165, 1.54) is 18.3 Å². The van der Waals surface area contributed by atoms with Crippen LogP contribution in [0.4, 0.5) is 10.1 Å². The molecule has 0 aliphatic carbocycles. The van der Waals surface area contributed by atoms with Gasteiger partial charge in [-0.15, -0.1) is 0 Å². The first-order valence-corrected chi connectivity index (χ1v) is 4.47. The number of halogens is 1. The van der Waals surface area contributed by atoms with Crippen molar-refractivity contribution in [2.45, 2.75) is 0 Å². The summed E-state index contributed by atoms with van der Waals surface area (Å²) >= 11 is 0. The van der Waals surface area contributed by atoms with Gasteiger partial charge in [0, 0.05) is 17.6 Å². The standard InChI is InChI=1S/C10H5FN2O4/c11-8-5-2-1-3-12-9(5)7(13(16)17)4-6(8)10(14)15/h1-4H,(H,14,15). The van der Waals surface area contributed by atoms with Gasteiger partial charge >= 0.3 is 5.97 Å². The molecule has 0 aliphatic rings. The van der Waals surface area contributed by atoms with E-state index in [9.17, 15) is 19.3 Å². The van der Waals surface area contributed by atoms with E-state index in [-0.39, 0.29) is 10.9 Å². The smallest absolute Gasteiger partial charge is 0.338 e. The van der Waals surface area contributed by atoms with E-state index >= 15 is 0 Å². The van der Waals surface area contributed by atoms with Crippen LogP contribution in [0.25, 0.3) is 10.9 Å². The van der Waals surface area contributed by atoms with Crippen molar-refractivity contribution in [3.8, 4) is 0 Å². The highest BCUT2D eigenvalue weighted by atomic mass is 19.1. The van der Waals surface area contributed by atoms with Crippen LogP contribution in [-0.2, 0) is 0 Å². The summed E-state index contributed by atoms with van der Waals surface area (Å²) in [5.41, 5.74) is -1.43. The van der Waals surface area contributed by atoms with Gasteiger partial charge in [0.2, 0.25) is 0 Å². The molecule has 7 heteroatoms.